The number of carbonyl (C=O) groups excluding carboxylic acids is 1. The normalized spacial score (nSPS) is 18.6. The third-order valence-corrected chi connectivity index (χ3v) is 5.26. The van der Waals surface area contributed by atoms with Gasteiger partial charge in [0, 0.05) is 24.0 Å². The molecule has 0 radical (unpaired) electrons. The number of benzene rings is 1. The van der Waals surface area contributed by atoms with E-state index in [1.807, 2.05) is 0 Å². The lowest BCUT2D eigenvalue weighted by molar-refractivity contribution is -0.105. The van der Waals surface area contributed by atoms with Crippen LogP contribution in [0.3, 0.4) is 0 Å². The number of carbonyl (C=O) groups is 1. The van der Waals surface area contributed by atoms with Gasteiger partial charge in [-0.2, -0.15) is 13.2 Å². The van der Waals surface area contributed by atoms with Crippen molar-refractivity contribution in [3.63, 3.8) is 0 Å². The molecule has 2 rings (SSSR count). The minimum absolute atomic E-state index is 0.386. The molecule has 1 heterocycles. The average molecular weight is 375 g/mol. The number of anilines is 1. The minimum Gasteiger partial charge on any atom is -0.338 e. The van der Waals surface area contributed by atoms with E-state index in [1.165, 1.54) is 0 Å². The van der Waals surface area contributed by atoms with Crippen LogP contribution < -0.4 is 10.6 Å². The van der Waals surface area contributed by atoms with Gasteiger partial charge in [-0.15, -0.1) is 11.8 Å². The average Bonchev–Trinajstić information content (AvgIpc) is 3.00. The Morgan fingerprint density at radius 2 is 2.08 bits per heavy atom. The number of halogens is 3. The van der Waals surface area contributed by atoms with Gasteiger partial charge in [0.05, 0.1) is 11.4 Å². The topological polar surface area (TPSA) is 44.4 Å². The molecular weight excluding hydrogens is 351 g/mol. The van der Waals surface area contributed by atoms with Gasteiger partial charge in [-0.1, -0.05) is 12.1 Å². The van der Waals surface area contributed by atoms with Crippen molar-refractivity contribution in [2.75, 3.05) is 30.7 Å². The molecule has 8 heteroatoms. The second kappa shape index (κ2) is 8.80. The zero-order valence-electron chi connectivity index (χ0n) is 14.4. The van der Waals surface area contributed by atoms with Crippen LogP contribution in [0, 0.1) is 5.92 Å². The third kappa shape index (κ3) is 6.78. The van der Waals surface area contributed by atoms with Crippen molar-refractivity contribution in [1.29, 1.82) is 0 Å². The van der Waals surface area contributed by atoms with Crippen LogP contribution in [0.5, 0.6) is 0 Å². The van der Waals surface area contributed by atoms with Gasteiger partial charge in [0.25, 0.3) is 0 Å². The molecule has 0 aromatic heterocycles. The fraction of sp³-hybridized carbons (Fsp3) is 0.588. The summed E-state index contributed by atoms with van der Waals surface area (Å²) in [6, 6.07) is 6.63. The predicted molar refractivity (Wildman–Crippen MR) is 95.1 cm³/mol. The van der Waals surface area contributed by atoms with Crippen molar-refractivity contribution < 1.29 is 18.0 Å². The first kappa shape index (κ1) is 19.9. The molecule has 2 N–H and O–H groups in total. The van der Waals surface area contributed by atoms with Crippen LogP contribution in [0.2, 0.25) is 0 Å². The summed E-state index contributed by atoms with van der Waals surface area (Å²) in [4.78, 5) is 14.8. The van der Waals surface area contributed by atoms with E-state index in [-0.39, 0.29) is 6.03 Å². The van der Waals surface area contributed by atoms with Crippen molar-refractivity contribution in [1.82, 2.24) is 10.2 Å². The lowest BCUT2D eigenvalue weighted by atomic mass is 10.1. The fourth-order valence-corrected chi connectivity index (χ4v) is 3.53. The number of urea groups is 1. The van der Waals surface area contributed by atoms with Gasteiger partial charge in [0.1, 0.15) is 0 Å². The molecule has 1 aliphatic heterocycles. The van der Waals surface area contributed by atoms with Gasteiger partial charge >= 0.3 is 12.2 Å². The molecule has 0 spiro atoms. The van der Waals surface area contributed by atoms with Gasteiger partial charge in [-0.25, -0.2) is 4.79 Å². The number of amides is 2. The van der Waals surface area contributed by atoms with E-state index in [0.717, 1.165) is 19.5 Å². The maximum atomic E-state index is 12.4. The highest BCUT2D eigenvalue weighted by Crippen LogP contribution is 2.32. The molecule has 0 bridgehead atoms. The third-order valence-electron chi connectivity index (χ3n) is 4.13. The number of hydrogen-bond donors (Lipinski definition) is 2. The number of alkyl halides is 3. The molecule has 140 valence electrons. The molecule has 1 aromatic carbocycles. The van der Waals surface area contributed by atoms with Crippen molar-refractivity contribution >= 4 is 23.5 Å². The van der Waals surface area contributed by atoms with Crippen LogP contribution in [0.15, 0.2) is 29.2 Å². The number of likely N-dealkylation sites (tertiary alicyclic amines) is 1. The second-order valence-electron chi connectivity index (χ2n) is 6.48. The highest BCUT2D eigenvalue weighted by atomic mass is 32.2. The van der Waals surface area contributed by atoms with Gasteiger partial charge in [0.2, 0.25) is 0 Å². The Morgan fingerprint density at radius 3 is 2.72 bits per heavy atom. The van der Waals surface area contributed by atoms with Crippen LogP contribution in [-0.2, 0) is 0 Å². The summed E-state index contributed by atoms with van der Waals surface area (Å²) in [7, 11) is 0. The Kier molecular flexibility index (Phi) is 7.01. The van der Waals surface area contributed by atoms with Crippen molar-refractivity contribution in [2.24, 2.45) is 5.92 Å². The molecule has 0 aliphatic carbocycles. The molecule has 0 saturated carbocycles. The summed E-state index contributed by atoms with van der Waals surface area (Å²) in [5, 5.41) is 5.48. The first-order chi connectivity index (χ1) is 11.7. The molecule has 1 unspecified atom stereocenters. The van der Waals surface area contributed by atoms with Crippen molar-refractivity contribution in [3.05, 3.63) is 24.3 Å². The summed E-state index contributed by atoms with van der Waals surface area (Å²) in [5.41, 5.74) is 0.393. The van der Waals surface area contributed by atoms with Crippen LogP contribution in [0.4, 0.5) is 23.7 Å². The fourth-order valence-electron chi connectivity index (χ4n) is 2.76. The van der Waals surface area contributed by atoms with Crippen LogP contribution in [0.25, 0.3) is 0 Å². The zero-order chi connectivity index (χ0) is 18.4. The Balaban J connectivity index is 1.82. The van der Waals surface area contributed by atoms with Crippen LogP contribution in [-0.4, -0.2) is 48.5 Å². The van der Waals surface area contributed by atoms with E-state index in [2.05, 4.69) is 29.4 Å². The molecule has 4 nitrogen and oxygen atoms in total. The quantitative estimate of drug-likeness (QED) is 0.733. The summed E-state index contributed by atoms with van der Waals surface area (Å²) in [6.07, 6.45) is -3.21. The van der Waals surface area contributed by atoms with E-state index in [1.54, 1.807) is 24.3 Å². The Bertz CT molecular complexity index is 581. The maximum Gasteiger partial charge on any atom is 0.398 e. The minimum atomic E-state index is -4.25. The largest absolute Gasteiger partial charge is 0.398 e. The van der Waals surface area contributed by atoms with Crippen molar-refractivity contribution in [2.45, 2.75) is 37.4 Å². The van der Waals surface area contributed by atoms with Gasteiger partial charge in [-0.05, 0) is 44.9 Å². The Labute approximate surface area is 150 Å². The molecule has 2 amide bonds. The smallest absolute Gasteiger partial charge is 0.338 e. The molecular formula is C17H24F3N3OS. The summed E-state index contributed by atoms with van der Waals surface area (Å²) in [6.45, 7) is 6.85. The van der Waals surface area contributed by atoms with Crippen molar-refractivity contribution in [3.8, 4) is 0 Å². The lowest BCUT2D eigenvalue weighted by Gasteiger charge is -2.20. The van der Waals surface area contributed by atoms with E-state index >= 15 is 0 Å². The van der Waals surface area contributed by atoms with E-state index < -0.39 is 11.9 Å². The summed E-state index contributed by atoms with van der Waals surface area (Å²) < 4.78 is 37.2. The highest BCUT2D eigenvalue weighted by molar-refractivity contribution is 7.99. The monoisotopic (exact) mass is 375 g/mol. The number of hydrogen-bond acceptors (Lipinski definition) is 3. The number of nitrogens with one attached hydrogen (secondary N) is 2. The second-order valence-corrected chi connectivity index (χ2v) is 7.50. The summed E-state index contributed by atoms with van der Waals surface area (Å²) >= 11 is 0.669. The number of nitrogens with zero attached hydrogens (tertiary/aromatic N) is 1. The molecule has 1 atom stereocenters. The molecule has 25 heavy (non-hydrogen) atoms. The van der Waals surface area contributed by atoms with E-state index in [4.69, 9.17) is 0 Å². The first-order valence-electron chi connectivity index (χ1n) is 8.32. The molecule has 1 saturated heterocycles. The van der Waals surface area contributed by atoms with Gasteiger partial charge < -0.3 is 15.5 Å². The van der Waals surface area contributed by atoms with E-state index in [9.17, 15) is 18.0 Å². The molecule has 1 aliphatic rings. The highest BCUT2D eigenvalue weighted by Gasteiger charge is 2.28. The lowest BCUT2D eigenvalue weighted by Crippen LogP contribution is -2.35. The Morgan fingerprint density at radius 1 is 1.36 bits per heavy atom. The SMILES string of the molecule is CC(C)N1CCC(CNC(=O)Nc2ccccc2SCC(F)(F)F)C1. The Hall–Kier alpha value is -1.41. The predicted octanol–water partition coefficient (Wildman–Crippen LogP) is 4.19. The van der Waals surface area contributed by atoms with Crippen LogP contribution >= 0.6 is 11.8 Å². The number of thioether (sulfide) groups is 1. The first-order valence-corrected chi connectivity index (χ1v) is 9.30. The number of rotatable bonds is 6. The molecule has 1 aromatic rings. The van der Waals surface area contributed by atoms with Gasteiger partial charge in [0.15, 0.2) is 0 Å². The standard InChI is InChI=1S/C17H24F3N3OS/c1-12(2)23-8-7-13(10-23)9-21-16(24)22-14-5-3-4-6-15(14)25-11-17(18,19)20/h3-6,12-13H,7-11H2,1-2H3,(H2,21,22,24). The maximum absolute atomic E-state index is 12.4. The number of para-hydroxylation sites is 1. The van der Waals surface area contributed by atoms with Gasteiger partial charge in [-0.3, -0.25) is 0 Å². The molecule has 1 fully saturated rings. The van der Waals surface area contributed by atoms with E-state index in [0.29, 0.717) is 40.8 Å². The van der Waals surface area contributed by atoms with Crippen LogP contribution in [0.1, 0.15) is 20.3 Å². The summed E-state index contributed by atoms with van der Waals surface area (Å²) in [5.74, 6) is -0.580. The zero-order valence-corrected chi connectivity index (χ0v) is 15.2.